The van der Waals surface area contributed by atoms with Crippen molar-refractivity contribution >= 4 is 23.0 Å². The topological polar surface area (TPSA) is 76.1 Å². The summed E-state index contributed by atoms with van der Waals surface area (Å²) in [6.45, 7) is 4.68. The van der Waals surface area contributed by atoms with Crippen LogP contribution in [0.15, 0.2) is 47.0 Å². The van der Waals surface area contributed by atoms with E-state index in [2.05, 4.69) is 0 Å². The molecule has 1 aliphatic rings. The smallest absolute Gasteiger partial charge is 0.290 e. The molecule has 1 aromatic heterocycles. The van der Waals surface area contributed by atoms with E-state index < -0.39 is 17.7 Å². The van der Waals surface area contributed by atoms with Gasteiger partial charge in [0.1, 0.15) is 0 Å². The van der Waals surface area contributed by atoms with E-state index in [9.17, 15) is 14.7 Å². The highest BCUT2D eigenvalue weighted by atomic mass is 32.1. The molecule has 0 bridgehead atoms. The molecule has 1 N–H and O–H groups in total. The van der Waals surface area contributed by atoms with Gasteiger partial charge in [0.25, 0.3) is 5.91 Å². The van der Waals surface area contributed by atoms with Gasteiger partial charge >= 0.3 is 0 Å². The molecular formula is C21H23NO5S. The molecule has 1 aromatic carbocycles. The summed E-state index contributed by atoms with van der Waals surface area (Å²) in [5.74, 6) is -0.249. The Hall–Kier alpha value is -2.80. The number of ether oxygens (including phenoxy) is 2. The quantitative estimate of drug-likeness (QED) is 0.673. The van der Waals surface area contributed by atoms with Gasteiger partial charge in [0.05, 0.1) is 30.2 Å². The molecule has 1 aliphatic heterocycles. The van der Waals surface area contributed by atoms with Crippen LogP contribution in [0.2, 0.25) is 0 Å². The Morgan fingerprint density at radius 3 is 2.64 bits per heavy atom. The fourth-order valence-corrected chi connectivity index (χ4v) is 4.05. The van der Waals surface area contributed by atoms with Gasteiger partial charge in [-0.15, -0.1) is 11.3 Å². The lowest BCUT2D eigenvalue weighted by atomic mass is 9.95. The van der Waals surface area contributed by atoms with Crippen LogP contribution in [0.5, 0.6) is 11.5 Å². The lowest BCUT2D eigenvalue weighted by Gasteiger charge is -2.27. The number of ketones is 1. The number of nitrogens with zero attached hydrogens (tertiary/aromatic N) is 1. The van der Waals surface area contributed by atoms with Gasteiger partial charge in [-0.05, 0) is 42.5 Å². The first-order valence-corrected chi connectivity index (χ1v) is 10.0. The van der Waals surface area contributed by atoms with Crippen molar-refractivity contribution in [1.82, 2.24) is 4.90 Å². The number of hydrogen-bond acceptors (Lipinski definition) is 6. The summed E-state index contributed by atoms with van der Waals surface area (Å²) in [6, 6.07) is 8.10. The second kappa shape index (κ2) is 8.48. The van der Waals surface area contributed by atoms with Gasteiger partial charge in [0, 0.05) is 6.54 Å². The van der Waals surface area contributed by atoms with Crippen LogP contribution in [0.25, 0.3) is 0 Å². The minimum atomic E-state index is -0.674. The first-order chi connectivity index (χ1) is 13.5. The van der Waals surface area contributed by atoms with Gasteiger partial charge in [-0.1, -0.05) is 19.1 Å². The molecule has 1 amide bonds. The van der Waals surface area contributed by atoms with Gasteiger partial charge < -0.3 is 19.5 Å². The zero-order valence-corrected chi connectivity index (χ0v) is 16.9. The van der Waals surface area contributed by atoms with Crippen LogP contribution in [0.1, 0.15) is 41.5 Å². The lowest BCUT2D eigenvalue weighted by molar-refractivity contribution is -0.129. The number of amides is 1. The highest BCUT2D eigenvalue weighted by Gasteiger charge is 2.43. The molecule has 6 nitrogen and oxygen atoms in total. The number of benzene rings is 1. The van der Waals surface area contributed by atoms with E-state index in [0.717, 1.165) is 0 Å². The van der Waals surface area contributed by atoms with Crippen molar-refractivity contribution in [2.45, 2.75) is 26.3 Å². The van der Waals surface area contributed by atoms with Crippen LogP contribution in [0.4, 0.5) is 0 Å². The second-order valence-corrected chi connectivity index (χ2v) is 7.26. The van der Waals surface area contributed by atoms with Crippen molar-refractivity contribution in [3.63, 3.8) is 0 Å². The van der Waals surface area contributed by atoms with Gasteiger partial charge in [0.2, 0.25) is 5.78 Å². The second-order valence-electron chi connectivity index (χ2n) is 6.31. The molecule has 0 saturated carbocycles. The maximum atomic E-state index is 13.1. The van der Waals surface area contributed by atoms with Crippen molar-refractivity contribution in [3.8, 4) is 11.5 Å². The molecule has 0 radical (unpaired) electrons. The van der Waals surface area contributed by atoms with Gasteiger partial charge in [-0.3, -0.25) is 9.59 Å². The third kappa shape index (κ3) is 3.49. The fourth-order valence-electron chi connectivity index (χ4n) is 3.38. The summed E-state index contributed by atoms with van der Waals surface area (Å²) < 4.78 is 11.0. The van der Waals surface area contributed by atoms with E-state index in [4.69, 9.17) is 9.47 Å². The first kappa shape index (κ1) is 19.9. The summed E-state index contributed by atoms with van der Waals surface area (Å²) in [5, 5.41) is 12.3. The van der Waals surface area contributed by atoms with Crippen LogP contribution in [0, 0.1) is 0 Å². The highest BCUT2D eigenvalue weighted by molar-refractivity contribution is 7.12. The van der Waals surface area contributed by atoms with Crippen molar-refractivity contribution in [1.29, 1.82) is 0 Å². The SMILES string of the molecule is CCCN1C(=O)C(O)=C(C(=O)c2cccs2)C1c1ccc(OC)c(OCC)c1. The Morgan fingerprint density at radius 1 is 1.25 bits per heavy atom. The number of methoxy groups -OCH3 is 1. The molecule has 0 spiro atoms. The van der Waals surface area contributed by atoms with E-state index in [0.29, 0.717) is 41.5 Å². The Balaban J connectivity index is 2.12. The molecule has 0 fully saturated rings. The first-order valence-electron chi connectivity index (χ1n) is 9.16. The normalized spacial score (nSPS) is 16.6. The molecule has 148 valence electrons. The third-order valence-corrected chi connectivity index (χ3v) is 5.43. The summed E-state index contributed by atoms with van der Waals surface area (Å²) in [4.78, 5) is 27.8. The standard InChI is InChI=1S/C21H23NO5S/c1-4-10-22-18(13-8-9-14(26-3)15(12-13)27-5-2)17(20(24)21(22)25)19(23)16-7-6-11-28-16/h6-9,11-12,18,24H,4-5,10H2,1-3H3. The number of carbonyl (C=O) groups excluding carboxylic acids is 2. The van der Waals surface area contributed by atoms with Crippen LogP contribution < -0.4 is 9.47 Å². The average Bonchev–Trinajstić information content (AvgIpc) is 3.31. The van der Waals surface area contributed by atoms with Crippen molar-refractivity contribution in [2.75, 3.05) is 20.3 Å². The zero-order chi connectivity index (χ0) is 20.3. The fraction of sp³-hybridized carbons (Fsp3) is 0.333. The molecule has 2 aromatic rings. The van der Waals surface area contributed by atoms with Crippen molar-refractivity contribution in [3.05, 3.63) is 57.5 Å². The number of hydrogen-bond donors (Lipinski definition) is 1. The van der Waals surface area contributed by atoms with Gasteiger partial charge in [0.15, 0.2) is 17.3 Å². The number of Topliss-reactive ketones (excluding diaryl/α,β-unsaturated/α-hetero) is 1. The molecular weight excluding hydrogens is 378 g/mol. The third-order valence-electron chi connectivity index (χ3n) is 4.56. The van der Waals surface area contributed by atoms with E-state index in [-0.39, 0.29) is 11.4 Å². The monoisotopic (exact) mass is 401 g/mol. The summed E-state index contributed by atoms with van der Waals surface area (Å²) in [7, 11) is 1.55. The Bertz CT molecular complexity index is 904. The maximum Gasteiger partial charge on any atom is 0.290 e. The maximum absolute atomic E-state index is 13.1. The minimum Gasteiger partial charge on any atom is -0.503 e. The molecule has 1 unspecified atom stereocenters. The zero-order valence-electron chi connectivity index (χ0n) is 16.1. The lowest BCUT2D eigenvalue weighted by Crippen LogP contribution is -2.31. The number of rotatable bonds is 8. The van der Waals surface area contributed by atoms with E-state index in [1.165, 1.54) is 16.2 Å². The molecule has 0 saturated heterocycles. The number of carbonyl (C=O) groups is 2. The molecule has 7 heteroatoms. The van der Waals surface area contributed by atoms with Crippen molar-refractivity contribution in [2.24, 2.45) is 0 Å². The van der Waals surface area contributed by atoms with Crippen LogP contribution in [-0.4, -0.2) is 42.0 Å². The van der Waals surface area contributed by atoms with E-state index in [1.54, 1.807) is 42.8 Å². The number of thiophene rings is 1. The molecule has 1 atom stereocenters. The minimum absolute atomic E-state index is 0.105. The van der Waals surface area contributed by atoms with E-state index >= 15 is 0 Å². The average molecular weight is 401 g/mol. The summed E-state index contributed by atoms with van der Waals surface area (Å²) in [6.07, 6.45) is 0.699. The highest BCUT2D eigenvalue weighted by Crippen LogP contribution is 2.42. The Morgan fingerprint density at radius 2 is 2.04 bits per heavy atom. The van der Waals surface area contributed by atoms with Crippen LogP contribution in [-0.2, 0) is 4.79 Å². The van der Waals surface area contributed by atoms with Gasteiger partial charge in [-0.2, -0.15) is 0 Å². The number of aliphatic hydroxyl groups is 1. The molecule has 2 heterocycles. The Kier molecular flexibility index (Phi) is 6.04. The Labute approximate surface area is 168 Å². The summed E-state index contributed by atoms with van der Waals surface area (Å²) in [5.41, 5.74) is 0.795. The van der Waals surface area contributed by atoms with Crippen LogP contribution >= 0.6 is 11.3 Å². The molecule has 28 heavy (non-hydrogen) atoms. The summed E-state index contributed by atoms with van der Waals surface area (Å²) >= 11 is 1.28. The van der Waals surface area contributed by atoms with Gasteiger partial charge in [-0.25, -0.2) is 0 Å². The van der Waals surface area contributed by atoms with Crippen molar-refractivity contribution < 1.29 is 24.2 Å². The molecule has 0 aliphatic carbocycles. The molecule has 3 rings (SSSR count). The van der Waals surface area contributed by atoms with E-state index in [1.807, 2.05) is 13.8 Å². The predicted molar refractivity (Wildman–Crippen MR) is 107 cm³/mol. The largest absolute Gasteiger partial charge is 0.503 e. The predicted octanol–water partition coefficient (Wildman–Crippen LogP) is 4.14. The van der Waals surface area contributed by atoms with Crippen LogP contribution in [0.3, 0.4) is 0 Å². The number of aliphatic hydroxyl groups excluding tert-OH is 1.